The predicted octanol–water partition coefficient (Wildman–Crippen LogP) is 5.23. The number of nitrogens with zero attached hydrogens (tertiary/aromatic N) is 4. The van der Waals surface area contributed by atoms with Crippen LogP contribution in [0.2, 0.25) is 0 Å². The molecule has 0 bridgehead atoms. The molecule has 6 heteroatoms. The van der Waals surface area contributed by atoms with E-state index >= 15 is 0 Å². The Hall–Kier alpha value is -2.99. The molecule has 6 nitrogen and oxygen atoms in total. The van der Waals surface area contributed by atoms with Crippen LogP contribution in [0.3, 0.4) is 0 Å². The monoisotopic (exact) mass is 458 g/mol. The van der Waals surface area contributed by atoms with Gasteiger partial charge in [0.2, 0.25) is 17.6 Å². The van der Waals surface area contributed by atoms with E-state index in [9.17, 15) is 4.79 Å². The summed E-state index contributed by atoms with van der Waals surface area (Å²) < 4.78 is 5.55. The van der Waals surface area contributed by atoms with Gasteiger partial charge in [-0.1, -0.05) is 68.4 Å². The number of hydrogen-bond donors (Lipinski definition) is 0. The molecule has 0 aliphatic carbocycles. The van der Waals surface area contributed by atoms with Crippen LogP contribution in [0.25, 0.3) is 11.4 Å². The number of carbonyl (C=O) groups is 1. The van der Waals surface area contributed by atoms with Crippen LogP contribution in [-0.2, 0) is 23.2 Å². The summed E-state index contributed by atoms with van der Waals surface area (Å²) >= 11 is 0. The molecule has 1 amide bonds. The number of para-hydroxylation sites is 1. The van der Waals surface area contributed by atoms with E-state index in [4.69, 9.17) is 4.52 Å². The Balaban J connectivity index is 1.17. The highest BCUT2D eigenvalue weighted by molar-refractivity contribution is 5.96. The first-order chi connectivity index (χ1) is 16.4. The Morgan fingerprint density at radius 3 is 2.50 bits per heavy atom. The van der Waals surface area contributed by atoms with Crippen LogP contribution in [0.15, 0.2) is 53.1 Å². The first-order valence-corrected chi connectivity index (χ1v) is 12.4. The molecule has 0 atom stereocenters. The van der Waals surface area contributed by atoms with E-state index in [1.54, 1.807) is 0 Å². The fraction of sp³-hybridized carbons (Fsp3) is 0.464. The van der Waals surface area contributed by atoms with Crippen LogP contribution >= 0.6 is 0 Å². The molecule has 2 aliphatic rings. The highest BCUT2D eigenvalue weighted by Crippen LogP contribution is 2.31. The Kier molecular flexibility index (Phi) is 6.26. The summed E-state index contributed by atoms with van der Waals surface area (Å²) in [5.41, 5.74) is 4.76. The standard InChI is InChI=1S/C28H34N4O2/c1-28(2,3)23-12-10-21(11-13-23)26-29-25(34-30-26)19-31-17-14-22(15-18-31)27(33)32-16-6-8-20-7-4-5-9-24(20)32/h4-5,7,9-13,22H,6,8,14-19H2,1-3H3. The third-order valence-electron chi connectivity index (χ3n) is 7.15. The summed E-state index contributed by atoms with van der Waals surface area (Å²) in [5.74, 6) is 1.63. The number of amides is 1. The molecular formula is C28H34N4O2. The van der Waals surface area contributed by atoms with Crippen molar-refractivity contribution in [3.05, 3.63) is 65.5 Å². The number of rotatable bonds is 4. The van der Waals surface area contributed by atoms with Crippen molar-refractivity contribution in [2.45, 2.75) is 58.4 Å². The average molecular weight is 459 g/mol. The largest absolute Gasteiger partial charge is 0.338 e. The zero-order valence-corrected chi connectivity index (χ0v) is 20.5. The molecular weight excluding hydrogens is 424 g/mol. The van der Waals surface area contributed by atoms with Crippen molar-refractivity contribution < 1.29 is 9.32 Å². The van der Waals surface area contributed by atoms with Crippen LogP contribution in [0.1, 0.15) is 57.1 Å². The molecule has 3 heterocycles. The van der Waals surface area contributed by atoms with Gasteiger partial charge in [-0.25, -0.2) is 0 Å². The fourth-order valence-corrected chi connectivity index (χ4v) is 5.07. The normalized spacial score (nSPS) is 17.6. The van der Waals surface area contributed by atoms with E-state index in [1.807, 2.05) is 11.0 Å². The number of fused-ring (bicyclic) bond motifs is 1. The van der Waals surface area contributed by atoms with E-state index in [0.29, 0.717) is 18.3 Å². The summed E-state index contributed by atoms with van der Waals surface area (Å²) in [7, 11) is 0. The van der Waals surface area contributed by atoms with E-state index in [2.05, 4.69) is 78.3 Å². The predicted molar refractivity (Wildman–Crippen MR) is 134 cm³/mol. The number of piperidine rings is 1. The molecule has 5 rings (SSSR count). The van der Waals surface area contributed by atoms with Gasteiger partial charge in [-0.2, -0.15) is 4.98 Å². The zero-order chi connectivity index (χ0) is 23.7. The molecule has 1 fully saturated rings. The van der Waals surface area contributed by atoms with Crippen molar-refractivity contribution in [3.8, 4) is 11.4 Å². The summed E-state index contributed by atoms with van der Waals surface area (Å²) in [6.45, 7) is 9.80. The fourth-order valence-electron chi connectivity index (χ4n) is 5.07. The van der Waals surface area contributed by atoms with Gasteiger partial charge in [0.05, 0.1) is 6.54 Å². The number of hydrogen-bond acceptors (Lipinski definition) is 5. The molecule has 0 N–H and O–H groups in total. The second kappa shape index (κ2) is 9.34. The molecule has 0 unspecified atom stereocenters. The van der Waals surface area contributed by atoms with Gasteiger partial charge in [0.15, 0.2) is 0 Å². The van der Waals surface area contributed by atoms with Crippen molar-refractivity contribution in [1.82, 2.24) is 15.0 Å². The highest BCUT2D eigenvalue weighted by atomic mass is 16.5. The van der Waals surface area contributed by atoms with Crippen LogP contribution in [0.4, 0.5) is 5.69 Å². The number of carbonyl (C=O) groups excluding carboxylic acids is 1. The van der Waals surface area contributed by atoms with Crippen molar-refractivity contribution in [2.75, 3.05) is 24.5 Å². The van der Waals surface area contributed by atoms with Gasteiger partial charge in [-0.15, -0.1) is 0 Å². The lowest BCUT2D eigenvalue weighted by atomic mass is 9.87. The first kappa shape index (κ1) is 22.8. The van der Waals surface area contributed by atoms with Gasteiger partial charge in [-0.3, -0.25) is 9.69 Å². The van der Waals surface area contributed by atoms with Crippen LogP contribution < -0.4 is 4.90 Å². The van der Waals surface area contributed by atoms with Crippen LogP contribution in [-0.4, -0.2) is 40.6 Å². The number of likely N-dealkylation sites (tertiary alicyclic amines) is 1. The molecule has 2 aromatic carbocycles. The summed E-state index contributed by atoms with van der Waals surface area (Å²) in [5, 5.41) is 4.20. The minimum Gasteiger partial charge on any atom is -0.338 e. The zero-order valence-electron chi connectivity index (χ0n) is 20.5. The smallest absolute Gasteiger partial charge is 0.241 e. The molecule has 0 spiro atoms. The maximum absolute atomic E-state index is 13.3. The third-order valence-corrected chi connectivity index (χ3v) is 7.15. The average Bonchev–Trinajstić information content (AvgIpc) is 3.32. The molecule has 0 radical (unpaired) electrons. The Labute approximate surface area is 202 Å². The van der Waals surface area contributed by atoms with Gasteiger partial charge >= 0.3 is 0 Å². The van der Waals surface area contributed by atoms with Crippen molar-refractivity contribution in [3.63, 3.8) is 0 Å². The van der Waals surface area contributed by atoms with Crippen molar-refractivity contribution >= 4 is 11.6 Å². The quantitative estimate of drug-likeness (QED) is 0.536. The second-order valence-corrected chi connectivity index (χ2v) is 10.6. The SMILES string of the molecule is CC(C)(C)c1ccc(-c2noc(CN3CCC(C(=O)N4CCCc5ccccc54)CC3)n2)cc1. The van der Waals surface area contributed by atoms with Gasteiger partial charge in [-0.05, 0) is 61.4 Å². The number of anilines is 1. The second-order valence-electron chi connectivity index (χ2n) is 10.6. The van der Waals surface area contributed by atoms with Gasteiger partial charge in [0, 0.05) is 23.7 Å². The highest BCUT2D eigenvalue weighted by Gasteiger charge is 2.31. The third kappa shape index (κ3) is 4.78. The van der Waals surface area contributed by atoms with Crippen LogP contribution in [0.5, 0.6) is 0 Å². The minimum absolute atomic E-state index is 0.0852. The number of benzene rings is 2. The molecule has 1 saturated heterocycles. The molecule has 3 aromatic rings. The minimum atomic E-state index is 0.0852. The maximum atomic E-state index is 13.3. The topological polar surface area (TPSA) is 62.5 Å². The van der Waals surface area contributed by atoms with E-state index < -0.39 is 0 Å². The Bertz CT molecular complexity index is 1140. The maximum Gasteiger partial charge on any atom is 0.241 e. The van der Waals surface area contributed by atoms with Crippen molar-refractivity contribution in [2.24, 2.45) is 5.92 Å². The van der Waals surface area contributed by atoms with E-state index in [1.165, 1.54) is 11.1 Å². The molecule has 1 aromatic heterocycles. The summed E-state index contributed by atoms with van der Waals surface area (Å²) in [6, 6.07) is 16.7. The molecule has 0 saturated carbocycles. The lowest BCUT2D eigenvalue weighted by Gasteiger charge is -2.36. The lowest BCUT2D eigenvalue weighted by Crippen LogP contribution is -2.44. The Morgan fingerprint density at radius 2 is 1.76 bits per heavy atom. The molecule has 2 aliphatic heterocycles. The lowest BCUT2D eigenvalue weighted by molar-refractivity contribution is -0.124. The summed E-state index contributed by atoms with van der Waals surface area (Å²) in [4.78, 5) is 22.3. The number of aromatic nitrogens is 2. The molecule has 178 valence electrons. The Morgan fingerprint density at radius 1 is 1.03 bits per heavy atom. The van der Waals surface area contributed by atoms with E-state index in [0.717, 1.165) is 56.6 Å². The summed E-state index contributed by atoms with van der Waals surface area (Å²) in [6.07, 6.45) is 3.84. The van der Waals surface area contributed by atoms with Gasteiger partial charge < -0.3 is 9.42 Å². The van der Waals surface area contributed by atoms with Gasteiger partial charge in [0.1, 0.15) is 0 Å². The van der Waals surface area contributed by atoms with Crippen LogP contribution in [0, 0.1) is 5.92 Å². The van der Waals surface area contributed by atoms with Crippen molar-refractivity contribution in [1.29, 1.82) is 0 Å². The van der Waals surface area contributed by atoms with Gasteiger partial charge in [0.25, 0.3) is 0 Å². The number of aryl methyl sites for hydroxylation is 1. The first-order valence-electron chi connectivity index (χ1n) is 12.4. The van der Waals surface area contributed by atoms with E-state index in [-0.39, 0.29) is 17.2 Å². The molecule has 34 heavy (non-hydrogen) atoms.